The first-order valence-corrected chi connectivity index (χ1v) is 7.27. The number of phenols is 1. The molecule has 0 fully saturated rings. The third-order valence-corrected chi connectivity index (χ3v) is 3.52. The van der Waals surface area contributed by atoms with Crippen LogP contribution in [0.4, 0.5) is 0 Å². The molecule has 4 nitrogen and oxygen atoms in total. The van der Waals surface area contributed by atoms with Crippen LogP contribution in [0.2, 0.25) is 0 Å². The molecule has 21 heavy (non-hydrogen) atoms. The van der Waals surface area contributed by atoms with Crippen LogP contribution < -0.4 is 10.1 Å². The van der Waals surface area contributed by atoms with Crippen molar-refractivity contribution in [1.29, 1.82) is 0 Å². The first-order valence-electron chi connectivity index (χ1n) is 7.27. The fourth-order valence-corrected chi connectivity index (χ4v) is 2.21. The number of rotatable bonds is 6. The largest absolute Gasteiger partial charge is 0.508 e. The van der Waals surface area contributed by atoms with Crippen LogP contribution in [0, 0.1) is 0 Å². The molecule has 2 aromatic carbocycles. The highest BCUT2D eigenvalue weighted by atomic mass is 16.5. The fraction of sp³-hybridized carbons (Fsp3) is 0.353. The highest BCUT2D eigenvalue weighted by molar-refractivity contribution is 5.85. The van der Waals surface area contributed by atoms with Crippen LogP contribution in [-0.2, 0) is 4.79 Å². The Morgan fingerprint density at radius 2 is 1.86 bits per heavy atom. The van der Waals surface area contributed by atoms with Gasteiger partial charge in [-0.15, -0.1) is 0 Å². The topological polar surface area (TPSA) is 58.6 Å². The van der Waals surface area contributed by atoms with Gasteiger partial charge < -0.3 is 15.2 Å². The molecule has 2 aromatic rings. The van der Waals surface area contributed by atoms with Gasteiger partial charge in [-0.05, 0) is 47.9 Å². The molecule has 0 saturated carbocycles. The lowest BCUT2D eigenvalue weighted by Crippen LogP contribution is -2.37. The number of fused-ring (bicyclic) bond motifs is 1. The molecule has 0 atom stereocenters. The molecule has 0 aliphatic carbocycles. The van der Waals surface area contributed by atoms with E-state index in [2.05, 4.69) is 5.32 Å². The van der Waals surface area contributed by atoms with Crippen LogP contribution >= 0.6 is 0 Å². The molecule has 0 aliphatic rings. The SMILES string of the molecule is CCC(CC)NC(=O)COc1ccc2ccc(O)cc2c1. The van der Waals surface area contributed by atoms with Gasteiger partial charge in [-0.3, -0.25) is 4.79 Å². The lowest BCUT2D eigenvalue weighted by Gasteiger charge is -2.15. The molecule has 0 aromatic heterocycles. The summed E-state index contributed by atoms with van der Waals surface area (Å²) >= 11 is 0. The second-order valence-corrected chi connectivity index (χ2v) is 5.06. The van der Waals surface area contributed by atoms with Crippen LogP contribution in [0.25, 0.3) is 10.8 Å². The van der Waals surface area contributed by atoms with Gasteiger partial charge in [0, 0.05) is 6.04 Å². The van der Waals surface area contributed by atoms with Crippen molar-refractivity contribution in [2.45, 2.75) is 32.7 Å². The first-order chi connectivity index (χ1) is 10.1. The molecular formula is C17H21NO3. The van der Waals surface area contributed by atoms with Crippen molar-refractivity contribution in [1.82, 2.24) is 5.32 Å². The summed E-state index contributed by atoms with van der Waals surface area (Å²) in [4.78, 5) is 11.8. The van der Waals surface area contributed by atoms with Crippen LogP contribution in [0.5, 0.6) is 11.5 Å². The third-order valence-electron chi connectivity index (χ3n) is 3.52. The van der Waals surface area contributed by atoms with E-state index in [1.54, 1.807) is 12.1 Å². The van der Waals surface area contributed by atoms with E-state index >= 15 is 0 Å². The van der Waals surface area contributed by atoms with Crippen molar-refractivity contribution in [2.24, 2.45) is 0 Å². The van der Waals surface area contributed by atoms with Gasteiger partial charge in [-0.2, -0.15) is 0 Å². The van der Waals surface area contributed by atoms with Crippen molar-refractivity contribution in [3.8, 4) is 11.5 Å². The molecular weight excluding hydrogens is 266 g/mol. The van der Waals surface area contributed by atoms with Crippen molar-refractivity contribution in [3.05, 3.63) is 36.4 Å². The lowest BCUT2D eigenvalue weighted by atomic mass is 10.1. The van der Waals surface area contributed by atoms with Gasteiger partial charge in [0.05, 0.1) is 0 Å². The maximum atomic E-state index is 11.8. The molecule has 0 radical (unpaired) electrons. The van der Waals surface area contributed by atoms with Gasteiger partial charge in [-0.25, -0.2) is 0 Å². The van der Waals surface area contributed by atoms with Crippen LogP contribution in [0.1, 0.15) is 26.7 Å². The van der Waals surface area contributed by atoms with Gasteiger partial charge in [0.15, 0.2) is 6.61 Å². The Balaban J connectivity index is 1.98. The van der Waals surface area contributed by atoms with Crippen LogP contribution in [0.15, 0.2) is 36.4 Å². The first kappa shape index (κ1) is 15.2. The van der Waals surface area contributed by atoms with E-state index in [1.165, 1.54) is 0 Å². The average molecular weight is 287 g/mol. The van der Waals surface area contributed by atoms with Crippen molar-refractivity contribution < 1.29 is 14.6 Å². The predicted molar refractivity (Wildman–Crippen MR) is 83.6 cm³/mol. The Hall–Kier alpha value is -2.23. The zero-order valence-electron chi connectivity index (χ0n) is 12.4. The van der Waals surface area contributed by atoms with E-state index in [-0.39, 0.29) is 24.3 Å². The van der Waals surface area contributed by atoms with Crippen LogP contribution in [0.3, 0.4) is 0 Å². The summed E-state index contributed by atoms with van der Waals surface area (Å²) < 4.78 is 5.51. The van der Waals surface area contributed by atoms with E-state index in [9.17, 15) is 9.90 Å². The minimum absolute atomic E-state index is 0.000816. The number of amides is 1. The molecule has 4 heteroatoms. The fourth-order valence-electron chi connectivity index (χ4n) is 2.21. The molecule has 0 aliphatic heterocycles. The molecule has 2 N–H and O–H groups in total. The Kier molecular flexibility index (Phi) is 5.04. The summed E-state index contributed by atoms with van der Waals surface area (Å²) in [5, 5.41) is 14.3. The van der Waals surface area contributed by atoms with Crippen LogP contribution in [-0.4, -0.2) is 23.7 Å². The highest BCUT2D eigenvalue weighted by Gasteiger charge is 2.09. The van der Waals surface area contributed by atoms with Crippen molar-refractivity contribution in [2.75, 3.05) is 6.61 Å². The Bertz CT molecular complexity index is 620. The van der Waals surface area contributed by atoms with Gasteiger partial charge in [-0.1, -0.05) is 26.0 Å². The number of ether oxygens (including phenoxy) is 1. The van der Waals surface area contributed by atoms with E-state index in [1.807, 2.05) is 38.1 Å². The Morgan fingerprint density at radius 3 is 2.57 bits per heavy atom. The maximum Gasteiger partial charge on any atom is 0.258 e. The minimum atomic E-state index is -0.111. The smallest absolute Gasteiger partial charge is 0.258 e. The summed E-state index contributed by atoms with van der Waals surface area (Å²) in [5.74, 6) is 0.721. The number of hydrogen-bond donors (Lipinski definition) is 2. The quantitative estimate of drug-likeness (QED) is 0.857. The lowest BCUT2D eigenvalue weighted by molar-refractivity contribution is -0.123. The molecule has 2 rings (SSSR count). The number of carbonyl (C=O) groups is 1. The van der Waals surface area contributed by atoms with Gasteiger partial charge >= 0.3 is 0 Å². The zero-order valence-corrected chi connectivity index (χ0v) is 12.4. The molecule has 0 spiro atoms. The molecule has 0 heterocycles. The molecule has 1 amide bonds. The summed E-state index contributed by atoms with van der Waals surface area (Å²) in [5.41, 5.74) is 0. The molecule has 0 unspecified atom stereocenters. The normalized spacial score (nSPS) is 10.8. The van der Waals surface area contributed by atoms with E-state index < -0.39 is 0 Å². The maximum absolute atomic E-state index is 11.8. The average Bonchev–Trinajstić information content (AvgIpc) is 2.50. The summed E-state index contributed by atoms with van der Waals surface area (Å²) in [6.07, 6.45) is 1.83. The third kappa shape index (κ3) is 4.12. The number of nitrogens with one attached hydrogen (secondary N) is 1. The Labute approximate surface area is 124 Å². The van der Waals surface area contributed by atoms with E-state index in [0.29, 0.717) is 5.75 Å². The minimum Gasteiger partial charge on any atom is -0.508 e. The second kappa shape index (κ2) is 6.97. The molecule has 112 valence electrons. The highest BCUT2D eigenvalue weighted by Crippen LogP contribution is 2.24. The number of carbonyl (C=O) groups excluding carboxylic acids is 1. The summed E-state index contributed by atoms with van der Waals surface area (Å²) in [6, 6.07) is 10.9. The Morgan fingerprint density at radius 1 is 1.14 bits per heavy atom. The number of phenolic OH excluding ortho intramolecular Hbond substituents is 1. The monoisotopic (exact) mass is 287 g/mol. The number of hydrogen-bond acceptors (Lipinski definition) is 3. The zero-order chi connectivity index (χ0) is 15.2. The van der Waals surface area contributed by atoms with Crippen molar-refractivity contribution >= 4 is 16.7 Å². The molecule has 0 bridgehead atoms. The number of aromatic hydroxyl groups is 1. The predicted octanol–water partition coefficient (Wildman–Crippen LogP) is 3.23. The molecule has 0 saturated heterocycles. The van der Waals surface area contributed by atoms with Crippen molar-refractivity contribution in [3.63, 3.8) is 0 Å². The second-order valence-electron chi connectivity index (χ2n) is 5.06. The summed E-state index contributed by atoms with van der Waals surface area (Å²) in [7, 11) is 0. The van der Waals surface area contributed by atoms with E-state index in [4.69, 9.17) is 4.74 Å². The van der Waals surface area contributed by atoms with Gasteiger partial charge in [0.2, 0.25) is 0 Å². The van der Waals surface area contributed by atoms with Gasteiger partial charge in [0.1, 0.15) is 11.5 Å². The standard InChI is InChI=1S/C17H21NO3/c1-3-14(4-2)18-17(20)11-21-16-8-6-12-5-7-15(19)9-13(12)10-16/h5-10,14,19H,3-4,11H2,1-2H3,(H,18,20). The number of benzene rings is 2. The summed E-state index contributed by atoms with van der Waals surface area (Å²) in [6.45, 7) is 4.09. The van der Waals surface area contributed by atoms with E-state index in [0.717, 1.165) is 23.6 Å². The van der Waals surface area contributed by atoms with Gasteiger partial charge in [0.25, 0.3) is 5.91 Å².